The molecule has 0 radical (unpaired) electrons. The summed E-state index contributed by atoms with van der Waals surface area (Å²) in [5, 5.41) is 3.69. The van der Waals surface area contributed by atoms with Crippen molar-refractivity contribution < 1.29 is 23.5 Å². The summed E-state index contributed by atoms with van der Waals surface area (Å²) in [5.74, 6) is 2.02. The molecular weight excluding hydrogens is 527 g/mol. The van der Waals surface area contributed by atoms with Crippen LogP contribution in [0, 0.1) is 5.92 Å². The van der Waals surface area contributed by atoms with Crippen LogP contribution >= 0.6 is 0 Å². The van der Waals surface area contributed by atoms with E-state index in [9.17, 15) is 14.0 Å². The molecule has 1 saturated carbocycles. The van der Waals surface area contributed by atoms with Gasteiger partial charge in [0.25, 0.3) is 5.91 Å². The highest BCUT2D eigenvalue weighted by atomic mass is 19.1. The zero-order valence-corrected chi connectivity index (χ0v) is 23.4. The van der Waals surface area contributed by atoms with E-state index in [-0.39, 0.29) is 12.5 Å². The first-order chi connectivity index (χ1) is 19.9. The minimum Gasteiger partial charge on any atom is -0.490 e. The number of para-hydroxylation sites is 1. The number of hydrogen-bond donors (Lipinski definition) is 2. The SMILES string of the molecule is COC(=O)NCCOc1cccc2cc(-c3nc4cc5c(cc4n3C)CCN(C[C@H](N)CF)C5=O)n(CC3CC3)c12. The number of methoxy groups -OCH3 is 1. The van der Waals surface area contributed by atoms with E-state index in [2.05, 4.69) is 37.4 Å². The molecule has 1 aliphatic heterocycles. The maximum atomic E-state index is 13.2. The number of carbonyl (C=O) groups excluding carboxylic acids is 2. The first kappa shape index (κ1) is 27.1. The Morgan fingerprint density at radius 2 is 2.10 bits per heavy atom. The molecule has 1 atom stereocenters. The highest BCUT2D eigenvalue weighted by Crippen LogP contribution is 2.39. The molecule has 2 amide bonds. The van der Waals surface area contributed by atoms with Gasteiger partial charge in [-0.2, -0.15) is 0 Å². The van der Waals surface area contributed by atoms with Crippen molar-refractivity contribution in [3.05, 3.63) is 47.5 Å². The van der Waals surface area contributed by atoms with Gasteiger partial charge in [-0.3, -0.25) is 4.79 Å². The first-order valence-corrected chi connectivity index (χ1v) is 14.0. The molecule has 0 spiro atoms. The Hall–Kier alpha value is -4.12. The van der Waals surface area contributed by atoms with Crippen molar-refractivity contribution in [2.24, 2.45) is 18.7 Å². The fraction of sp³-hybridized carbons (Fsp3) is 0.433. The zero-order valence-electron chi connectivity index (χ0n) is 23.4. The Balaban J connectivity index is 1.37. The number of alkyl carbamates (subject to hydrolysis) is 1. The van der Waals surface area contributed by atoms with E-state index in [4.69, 9.17) is 15.5 Å². The van der Waals surface area contributed by atoms with E-state index in [1.807, 2.05) is 25.2 Å². The average molecular weight is 563 g/mol. The van der Waals surface area contributed by atoms with Gasteiger partial charge in [0.15, 0.2) is 5.82 Å². The van der Waals surface area contributed by atoms with Crippen molar-refractivity contribution in [1.29, 1.82) is 0 Å². The van der Waals surface area contributed by atoms with Crippen molar-refractivity contribution >= 4 is 33.9 Å². The summed E-state index contributed by atoms with van der Waals surface area (Å²) in [6.45, 7) is 1.53. The number of nitrogens with two attached hydrogens (primary N) is 1. The van der Waals surface area contributed by atoms with Crippen LogP contribution in [0.15, 0.2) is 36.4 Å². The molecule has 0 bridgehead atoms. The summed E-state index contributed by atoms with van der Waals surface area (Å²) < 4.78 is 28.2. The number of nitrogens with zero attached hydrogens (tertiary/aromatic N) is 4. The number of carbonyl (C=O) groups is 2. The minimum atomic E-state index is -0.683. The summed E-state index contributed by atoms with van der Waals surface area (Å²) >= 11 is 0. The third kappa shape index (κ3) is 5.21. The molecule has 10 nitrogen and oxygen atoms in total. The highest BCUT2D eigenvalue weighted by molar-refractivity contribution is 6.01. The van der Waals surface area contributed by atoms with Crippen molar-refractivity contribution in [2.75, 3.05) is 40.0 Å². The van der Waals surface area contributed by atoms with Crippen LogP contribution in [0.3, 0.4) is 0 Å². The van der Waals surface area contributed by atoms with Gasteiger partial charge in [-0.05, 0) is 55.0 Å². The summed E-state index contributed by atoms with van der Waals surface area (Å²) in [4.78, 5) is 31.3. The van der Waals surface area contributed by atoms with Gasteiger partial charge >= 0.3 is 6.09 Å². The van der Waals surface area contributed by atoms with E-state index in [1.165, 1.54) is 20.0 Å². The number of amides is 2. The highest BCUT2D eigenvalue weighted by Gasteiger charge is 2.29. The number of benzene rings is 2. The maximum Gasteiger partial charge on any atom is 0.406 e. The molecule has 2 aromatic carbocycles. The lowest BCUT2D eigenvalue weighted by molar-refractivity contribution is 0.0725. The number of nitrogens with one attached hydrogen (secondary N) is 1. The normalized spacial score (nSPS) is 15.8. The van der Waals surface area contributed by atoms with Gasteiger partial charge in [-0.15, -0.1) is 0 Å². The van der Waals surface area contributed by atoms with E-state index >= 15 is 0 Å². The maximum absolute atomic E-state index is 13.2. The number of aryl methyl sites for hydroxylation is 1. The topological polar surface area (TPSA) is 117 Å². The second kappa shape index (κ2) is 11.0. The molecule has 3 N–H and O–H groups in total. The van der Waals surface area contributed by atoms with Crippen LogP contribution in [0.5, 0.6) is 5.75 Å². The fourth-order valence-corrected chi connectivity index (χ4v) is 5.68. The minimum absolute atomic E-state index is 0.129. The number of alkyl halides is 1. The third-order valence-corrected chi connectivity index (χ3v) is 7.99. The third-order valence-electron chi connectivity index (χ3n) is 7.99. The second-order valence-electron chi connectivity index (χ2n) is 11.0. The van der Waals surface area contributed by atoms with Crippen LogP contribution in [-0.4, -0.2) is 77.1 Å². The Labute approximate surface area is 237 Å². The number of fused-ring (bicyclic) bond motifs is 3. The zero-order chi connectivity index (χ0) is 28.7. The largest absolute Gasteiger partial charge is 0.490 e. The summed E-state index contributed by atoms with van der Waals surface area (Å²) in [5.41, 5.74) is 11.0. The molecule has 1 fully saturated rings. The summed E-state index contributed by atoms with van der Waals surface area (Å²) in [6, 6.07) is 11.4. The van der Waals surface area contributed by atoms with Crippen LogP contribution < -0.4 is 15.8 Å². The lowest BCUT2D eigenvalue weighted by Gasteiger charge is -2.30. The summed E-state index contributed by atoms with van der Waals surface area (Å²) in [6.07, 6.45) is 2.56. The lowest BCUT2D eigenvalue weighted by atomic mass is 9.97. The van der Waals surface area contributed by atoms with Crippen LogP contribution in [0.2, 0.25) is 0 Å². The molecular formula is C30H35FN6O4. The monoisotopic (exact) mass is 562 g/mol. The first-order valence-electron chi connectivity index (χ1n) is 14.0. The van der Waals surface area contributed by atoms with Gasteiger partial charge in [0.05, 0.1) is 41.9 Å². The summed E-state index contributed by atoms with van der Waals surface area (Å²) in [7, 11) is 3.33. The van der Waals surface area contributed by atoms with Gasteiger partial charge in [-0.1, -0.05) is 12.1 Å². The van der Waals surface area contributed by atoms with Crippen LogP contribution in [0.25, 0.3) is 33.5 Å². The number of halogens is 1. The van der Waals surface area contributed by atoms with Gasteiger partial charge in [0.2, 0.25) is 0 Å². The van der Waals surface area contributed by atoms with Crippen molar-refractivity contribution in [2.45, 2.75) is 31.8 Å². The van der Waals surface area contributed by atoms with Gasteiger partial charge in [0, 0.05) is 37.6 Å². The molecule has 0 unspecified atom stereocenters. The molecule has 2 aliphatic rings. The lowest BCUT2D eigenvalue weighted by Crippen LogP contribution is -2.45. The number of ether oxygens (including phenoxy) is 2. The molecule has 1 aliphatic carbocycles. The van der Waals surface area contributed by atoms with Gasteiger partial charge in [0.1, 0.15) is 19.0 Å². The van der Waals surface area contributed by atoms with Gasteiger partial charge < -0.3 is 34.6 Å². The smallest absolute Gasteiger partial charge is 0.406 e. The standard InChI is InChI=1S/C30H35FN6O4/c1-35-24-12-19-8-10-36(17-21(32)15-31)29(38)22(19)14-23(24)34-28(35)25-13-20-4-3-5-26(41-11-9-33-30(39)40-2)27(20)37(25)16-18-6-7-18/h3-5,12-14,18,21H,6-11,15-17,32H2,1-2H3,(H,33,39)/t21-/m1/s1. The molecule has 11 heteroatoms. The predicted molar refractivity (Wildman–Crippen MR) is 154 cm³/mol. The Bertz CT molecular complexity index is 1620. The van der Waals surface area contributed by atoms with E-state index < -0.39 is 18.8 Å². The molecule has 216 valence electrons. The predicted octanol–water partition coefficient (Wildman–Crippen LogP) is 3.63. The second-order valence-corrected chi connectivity index (χ2v) is 11.0. The molecule has 2 aromatic heterocycles. The Morgan fingerprint density at radius 1 is 1.27 bits per heavy atom. The van der Waals surface area contributed by atoms with Crippen molar-refractivity contribution in [3.8, 4) is 17.3 Å². The van der Waals surface area contributed by atoms with E-state index in [0.717, 1.165) is 51.3 Å². The molecule has 6 rings (SSSR count). The van der Waals surface area contributed by atoms with E-state index in [0.29, 0.717) is 37.6 Å². The van der Waals surface area contributed by atoms with E-state index in [1.54, 1.807) is 4.90 Å². The van der Waals surface area contributed by atoms with Crippen molar-refractivity contribution in [3.63, 3.8) is 0 Å². The number of aromatic nitrogens is 3. The number of imidazole rings is 1. The van der Waals surface area contributed by atoms with Gasteiger partial charge in [-0.25, -0.2) is 14.2 Å². The quantitative estimate of drug-likeness (QED) is 0.285. The Kier molecular flexibility index (Phi) is 7.29. The fourth-order valence-electron chi connectivity index (χ4n) is 5.68. The Morgan fingerprint density at radius 3 is 2.85 bits per heavy atom. The molecule has 41 heavy (non-hydrogen) atoms. The molecule has 0 saturated heterocycles. The average Bonchev–Trinajstić information content (AvgIpc) is 3.65. The number of hydrogen-bond acceptors (Lipinski definition) is 6. The van der Waals surface area contributed by atoms with Crippen LogP contribution in [0.4, 0.5) is 9.18 Å². The molecule has 3 heterocycles. The van der Waals surface area contributed by atoms with Crippen molar-refractivity contribution in [1.82, 2.24) is 24.3 Å². The number of rotatable bonds is 10. The van der Waals surface area contributed by atoms with Crippen LogP contribution in [-0.2, 0) is 24.8 Å². The molecule has 4 aromatic rings. The van der Waals surface area contributed by atoms with Crippen LogP contribution in [0.1, 0.15) is 28.8 Å².